The molecule has 20 aromatic rings. The molecule has 0 fully saturated rings. The van der Waals surface area contributed by atoms with E-state index in [9.17, 15) is 0 Å². The Hall–Kier alpha value is -12.3. The number of hydrogen-bond acceptors (Lipinski definition) is 5. The topological polar surface area (TPSA) is 80.0 Å². The maximum absolute atomic E-state index is 6.35. The van der Waals surface area contributed by atoms with Gasteiger partial charge in [-0.2, -0.15) is 0 Å². The van der Waals surface area contributed by atoms with Crippen molar-refractivity contribution < 1.29 is 13.3 Å². The van der Waals surface area contributed by atoms with Crippen molar-refractivity contribution in [2.45, 2.75) is 0 Å². The number of pyridine rings is 2. The van der Waals surface area contributed by atoms with Crippen LogP contribution in [-0.4, -0.2) is 23.7 Å². The van der Waals surface area contributed by atoms with Crippen molar-refractivity contribution in [3.63, 3.8) is 0 Å². The summed E-state index contributed by atoms with van der Waals surface area (Å²) in [5.74, 6) is 0.828. The van der Waals surface area contributed by atoms with Crippen molar-refractivity contribution in [2.75, 3.05) is 0 Å². The average Bonchev–Trinajstić information content (AvgIpc) is 1.64. The summed E-state index contributed by atoms with van der Waals surface area (Å²) in [5, 5.41) is 13.4. The summed E-state index contributed by atoms with van der Waals surface area (Å²) in [6, 6.07) is 102. The number of fused-ring (bicyclic) bond motifs is 18. The highest BCUT2D eigenvalue weighted by Gasteiger charge is 2.23. The van der Waals surface area contributed by atoms with E-state index in [0.717, 1.165) is 193 Å². The van der Waals surface area contributed by atoms with Gasteiger partial charge in [-0.1, -0.05) is 133 Å². The van der Waals surface area contributed by atoms with Gasteiger partial charge < -0.3 is 22.4 Å². The molecule has 0 amide bonds. The van der Waals surface area contributed by atoms with Crippen molar-refractivity contribution in [3.05, 3.63) is 285 Å². The molecule has 0 bridgehead atoms. The number of nitrogens with zero attached hydrogens (tertiary/aromatic N) is 5. The van der Waals surface area contributed by atoms with Crippen LogP contribution >= 0.6 is 0 Å². The zero-order valence-corrected chi connectivity index (χ0v) is 48.1. The minimum atomic E-state index is 0.828. The molecule has 0 saturated carbocycles. The lowest BCUT2D eigenvalue weighted by Crippen LogP contribution is -2.00. The van der Waals surface area contributed by atoms with Crippen LogP contribution in [0.5, 0.6) is 0 Å². The van der Waals surface area contributed by atoms with Gasteiger partial charge in [0.15, 0.2) is 0 Å². The quantitative estimate of drug-likeness (QED) is 0.159. The fourth-order valence-corrected chi connectivity index (χ4v) is 14.5. The Bertz CT molecular complexity index is 6300. The van der Waals surface area contributed by atoms with Gasteiger partial charge in [0.05, 0.1) is 55.9 Å². The van der Waals surface area contributed by atoms with Gasteiger partial charge in [-0.05, 0) is 163 Å². The Morgan fingerprint density at radius 3 is 1.17 bits per heavy atom. The monoisotopic (exact) mass is 1150 g/mol. The first-order valence-corrected chi connectivity index (χ1v) is 30.4. The van der Waals surface area contributed by atoms with Crippen molar-refractivity contribution in [1.82, 2.24) is 23.7 Å². The summed E-state index contributed by atoms with van der Waals surface area (Å²) in [6.07, 6.45) is 0. The first kappa shape index (κ1) is 48.9. The maximum Gasteiger partial charge on any atom is 0.138 e. The van der Waals surface area contributed by atoms with E-state index in [2.05, 4.69) is 262 Å². The van der Waals surface area contributed by atoms with E-state index in [1.165, 1.54) is 0 Å². The van der Waals surface area contributed by atoms with Crippen LogP contribution in [0, 0.1) is 0 Å². The predicted octanol–water partition coefficient (Wildman–Crippen LogP) is 22.1. The number of para-hydroxylation sites is 6. The number of furan rings is 3. The van der Waals surface area contributed by atoms with Gasteiger partial charge in [0.25, 0.3) is 0 Å². The summed E-state index contributed by atoms with van der Waals surface area (Å²) < 4.78 is 26.1. The third-order valence-electron chi connectivity index (χ3n) is 18.6. The van der Waals surface area contributed by atoms with Crippen LogP contribution in [0.1, 0.15) is 0 Å². The molecule has 8 heteroatoms. The standard InChI is InChI=1S/C82H47N5O3/c1-2-15-53(16-3-1)85-72-34-29-48(49-31-36-79-64(40-49)57-19-6-11-25-76(57)88-79)39-60(72)61-41-50(30-35-73(61)85)67-22-14-28-82(84-67)87-71-24-10-5-18-56(71)63-46-62-55-17-4-9-23-70(55)86(74(62)47-75(63)87)54-44-68(51-32-37-80-65(42-51)58-20-7-12-26-77(58)89-80)83-69(45-54)52-33-38-81-66(43-52)59-21-8-13-27-78(59)90-81/h1-47H. The van der Waals surface area contributed by atoms with Gasteiger partial charge in [0, 0.05) is 87.0 Å². The lowest BCUT2D eigenvalue weighted by molar-refractivity contribution is 0.668. The second kappa shape index (κ2) is 18.6. The fourth-order valence-electron chi connectivity index (χ4n) is 14.5. The number of rotatable bonds is 7. The molecular weight excluding hydrogens is 1100 g/mol. The minimum absolute atomic E-state index is 0.828. The molecule has 90 heavy (non-hydrogen) atoms. The molecule has 8 nitrogen and oxygen atoms in total. The molecule has 418 valence electrons. The smallest absolute Gasteiger partial charge is 0.138 e. The highest BCUT2D eigenvalue weighted by atomic mass is 16.3. The van der Waals surface area contributed by atoms with Gasteiger partial charge in [-0.15, -0.1) is 0 Å². The van der Waals surface area contributed by atoms with Crippen molar-refractivity contribution in [3.8, 4) is 62.1 Å². The van der Waals surface area contributed by atoms with E-state index in [0.29, 0.717) is 0 Å². The molecule has 8 heterocycles. The third-order valence-corrected chi connectivity index (χ3v) is 18.6. The molecule has 0 unspecified atom stereocenters. The third kappa shape index (κ3) is 7.24. The van der Waals surface area contributed by atoms with Crippen LogP contribution in [0.15, 0.2) is 298 Å². The summed E-state index contributed by atoms with van der Waals surface area (Å²) >= 11 is 0. The van der Waals surface area contributed by atoms with Gasteiger partial charge in [-0.3, -0.25) is 4.57 Å². The first-order valence-electron chi connectivity index (χ1n) is 30.4. The zero-order chi connectivity index (χ0) is 58.7. The summed E-state index contributed by atoms with van der Waals surface area (Å²) in [6.45, 7) is 0. The van der Waals surface area contributed by atoms with Crippen LogP contribution in [0.25, 0.3) is 193 Å². The Labute approximate surface area is 512 Å². The largest absolute Gasteiger partial charge is 0.456 e. The molecule has 12 aromatic carbocycles. The molecule has 20 rings (SSSR count). The Morgan fingerprint density at radius 2 is 0.589 bits per heavy atom. The fraction of sp³-hybridized carbons (Fsp3) is 0. The van der Waals surface area contributed by atoms with E-state index < -0.39 is 0 Å². The molecule has 0 aliphatic rings. The maximum atomic E-state index is 6.35. The van der Waals surface area contributed by atoms with Gasteiger partial charge in [0.1, 0.15) is 39.3 Å². The second-order valence-electron chi connectivity index (χ2n) is 23.6. The summed E-state index contributed by atoms with van der Waals surface area (Å²) in [7, 11) is 0. The molecule has 0 aliphatic heterocycles. The van der Waals surface area contributed by atoms with Crippen molar-refractivity contribution in [2.24, 2.45) is 0 Å². The number of benzene rings is 12. The molecular formula is C82H47N5O3. The highest BCUT2D eigenvalue weighted by Crippen LogP contribution is 2.44. The van der Waals surface area contributed by atoms with Gasteiger partial charge in [-0.25, -0.2) is 9.97 Å². The first-order chi connectivity index (χ1) is 44.6. The number of aromatic nitrogens is 5. The lowest BCUT2D eigenvalue weighted by Gasteiger charge is -2.14. The van der Waals surface area contributed by atoms with Crippen molar-refractivity contribution in [1.29, 1.82) is 0 Å². The van der Waals surface area contributed by atoms with E-state index in [1.807, 2.05) is 36.4 Å². The minimum Gasteiger partial charge on any atom is -0.456 e. The molecule has 8 aromatic heterocycles. The summed E-state index contributed by atoms with van der Waals surface area (Å²) in [4.78, 5) is 11.2. The SMILES string of the molecule is c1ccc(-n2c3ccc(-c4ccc5oc6ccccc6c5c4)cc3c3cc(-c4cccc(-n5c6ccccc6c6cc7c8ccccc8n(-c8cc(-c9ccc%10oc%11ccccc%11c%10c9)nc(-c9ccc%10oc%11ccccc%11c%10c9)c8)c7cc65)n4)ccc32)cc1. The van der Waals surface area contributed by atoms with E-state index in [-0.39, 0.29) is 0 Å². The van der Waals surface area contributed by atoms with E-state index in [4.69, 9.17) is 23.2 Å². The molecule has 0 N–H and O–H groups in total. The van der Waals surface area contributed by atoms with Crippen LogP contribution in [0.3, 0.4) is 0 Å². The Morgan fingerprint density at radius 1 is 0.200 bits per heavy atom. The molecule has 0 radical (unpaired) electrons. The lowest BCUT2D eigenvalue weighted by atomic mass is 10.00. The van der Waals surface area contributed by atoms with Gasteiger partial charge >= 0.3 is 0 Å². The second-order valence-corrected chi connectivity index (χ2v) is 23.6. The van der Waals surface area contributed by atoms with Crippen LogP contribution in [0.2, 0.25) is 0 Å². The van der Waals surface area contributed by atoms with Gasteiger partial charge in [0.2, 0.25) is 0 Å². The highest BCUT2D eigenvalue weighted by molar-refractivity contribution is 6.20. The normalized spacial score (nSPS) is 12.2. The molecule has 0 spiro atoms. The molecule has 0 aliphatic carbocycles. The van der Waals surface area contributed by atoms with E-state index in [1.54, 1.807) is 0 Å². The predicted molar refractivity (Wildman–Crippen MR) is 369 cm³/mol. The Balaban J connectivity index is 0.773. The zero-order valence-electron chi connectivity index (χ0n) is 48.1. The van der Waals surface area contributed by atoms with E-state index >= 15 is 0 Å². The Kier molecular flexibility index (Phi) is 10.1. The summed E-state index contributed by atoms with van der Waals surface area (Å²) in [5.41, 5.74) is 21.7. The number of hydrogen-bond donors (Lipinski definition) is 0. The van der Waals surface area contributed by atoms with Crippen LogP contribution in [0.4, 0.5) is 0 Å². The molecule has 0 atom stereocenters. The van der Waals surface area contributed by atoms with Crippen LogP contribution < -0.4 is 0 Å². The molecule has 0 saturated heterocycles. The average molecular weight is 1150 g/mol. The van der Waals surface area contributed by atoms with Crippen molar-refractivity contribution >= 4 is 131 Å². The van der Waals surface area contributed by atoms with Crippen LogP contribution in [-0.2, 0) is 0 Å².